The van der Waals surface area contributed by atoms with Crippen molar-refractivity contribution in [3.63, 3.8) is 0 Å². The van der Waals surface area contributed by atoms with Gasteiger partial charge in [0, 0.05) is 0 Å². The fourth-order valence-electron chi connectivity index (χ4n) is 2.58. The summed E-state index contributed by atoms with van der Waals surface area (Å²) in [7, 11) is 1.52. The van der Waals surface area contributed by atoms with Gasteiger partial charge >= 0.3 is 5.97 Å². The van der Waals surface area contributed by atoms with Crippen LogP contribution in [0.1, 0.15) is 10.4 Å². The molecule has 0 heterocycles. The molecule has 0 spiro atoms. The average molecular weight is 361 g/mol. The van der Waals surface area contributed by atoms with Crippen LogP contribution >= 0.6 is 0 Å². The molecule has 0 atom stereocenters. The third-order valence-corrected chi connectivity index (χ3v) is 3.94. The molecular weight excluding hydrogens is 342 g/mol. The molecule has 0 fully saturated rings. The van der Waals surface area contributed by atoms with Gasteiger partial charge in [0.2, 0.25) is 0 Å². The van der Waals surface area contributed by atoms with Crippen LogP contribution in [0.4, 0.5) is 5.69 Å². The fraction of sp³-hybridized carbons (Fsp3) is 0.0909. The van der Waals surface area contributed by atoms with E-state index in [1.54, 1.807) is 36.4 Å². The third-order valence-electron chi connectivity index (χ3n) is 3.94. The highest BCUT2D eigenvalue weighted by atomic mass is 16.5. The molecule has 27 heavy (non-hydrogen) atoms. The van der Waals surface area contributed by atoms with Crippen molar-refractivity contribution in [3.8, 4) is 16.9 Å². The molecular formula is C22H19NO4. The van der Waals surface area contributed by atoms with E-state index in [-0.39, 0.29) is 6.61 Å². The first-order valence-electron chi connectivity index (χ1n) is 8.43. The molecule has 1 amide bonds. The van der Waals surface area contributed by atoms with Crippen LogP contribution in [0.15, 0.2) is 78.9 Å². The van der Waals surface area contributed by atoms with Gasteiger partial charge in [0.1, 0.15) is 5.75 Å². The number of hydrogen-bond donors (Lipinski definition) is 1. The maximum atomic E-state index is 12.1. The van der Waals surface area contributed by atoms with Crippen molar-refractivity contribution >= 4 is 17.6 Å². The van der Waals surface area contributed by atoms with Crippen LogP contribution in [-0.4, -0.2) is 25.6 Å². The number of carbonyl (C=O) groups excluding carboxylic acids is 2. The summed E-state index contributed by atoms with van der Waals surface area (Å²) in [4.78, 5) is 24.2. The summed E-state index contributed by atoms with van der Waals surface area (Å²) in [5.41, 5.74) is 2.97. The molecule has 3 aromatic carbocycles. The van der Waals surface area contributed by atoms with Crippen LogP contribution in [0, 0.1) is 0 Å². The van der Waals surface area contributed by atoms with Crippen molar-refractivity contribution < 1.29 is 19.1 Å². The Hall–Kier alpha value is -3.60. The number of rotatable bonds is 6. The minimum atomic E-state index is -0.551. The molecule has 0 unspecified atom stereocenters. The number of carbonyl (C=O) groups is 2. The van der Waals surface area contributed by atoms with Gasteiger partial charge in [-0.05, 0) is 35.4 Å². The van der Waals surface area contributed by atoms with Crippen LogP contribution < -0.4 is 10.1 Å². The number of esters is 1. The summed E-state index contributed by atoms with van der Waals surface area (Å²) in [5.74, 6) is -0.452. The lowest BCUT2D eigenvalue weighted by atomic mass is 10.0. The molecule has 5 heteroatoms. The Bertz CT molecular complexity index is 921. The van der Waals surface area contributed by atoms with E-state index in [0.29, 0.717) is 17.0 Å². The molecule has 0 bridgehead atoms. The van der Waals surface area contributed by atoms with E-state index < -0.39 is 11.9 Å². The second-order valence-electron chi connectivity index (χ2n) is 5.77. The fourth-order valence-corrected chi connectivity index (χ4v) is 2.58. The first-order valence-corrected chi connectivity index (χ1v) is 8.43. The third kappa shape index (κ3) is 4.73. The predicted octanol–water partition coefficient (Wildman–Crippen LogP) is 4.16. The molecule has 136 valence electrons. The molecule has 1 N–H and O–H groups in total. The molecule has 5 nitrogen and oxygen atoms in total. The van der Waals surface area contributed by atoms with Crippen molar-refractivity contribution in [2.45, 2.75) is 0 Å². The summed E-state index contributed by atoms with van der Waals surface area (Å²) in [5, 5.41) is 2.66. The molecule has 3 rings (SSSR count). The lowest BCUT2D eigenvalue weighted by Gasteiger charge is -2.10. The highest BCUT2D eigenvalue weighted by Gasteiger charge is 2.12. The number of benzene rings is 3. The van der Waals surface area contributed by atoms with Gasteiger partial charge in [0.15, 0.2) is 6.61 Å². The van der Waals surface area contributed by atoms with Crippen molar-refractivity contribution in [1.82, 2.24) is 0 Å². The summed E-state index contributed by atoms with van der Waals surface area (Å²) in [6.45, 7) is -0.378. The molecule has 0 saturated heterocycles. The van der Waals surface area contributed by atoms with Gasteiger partial charge in [0.05, 0.1) is 18.4 Å². The van der Waals surface area contributed by atoms with Crippen LogP contribution in [0.3, 0.4) is 0 Å². The number of nitrogens with one attached hydrogen (secondary N) is 1. The number of anilines is 1. The molecule has 0 aromatic heterocycles. The number of methoxy groups -OCH3 is 1. The van der Waals surface area contributed by atoms with E-state index in [1.807, 2.05) is 42.5 Å². The number of para-hydroxylation sites is 2. The number of amides is 1. The smallest absolute Gasteiger partial charge is 0.338 e. The monoisotopic (exact) mass is 361 g/mol. The lowest BCUT2D eigenvalue weighted by molar-refractivity contribution is -0.119. The number of ether oxygens (including phenoxy) is 2. The summed E-state index contributed by atoms with van der Waals surface area (Å²) >= 11 is 0. The zero-order valence-electron chi connectivity index (χ0n) is 14.8. The van der Waals surface area contributed by atoms with E-state index in [4.69, 9.17) is 9.47 Å². The molecule has 0 aliphatic heterocycles. The Kier molecular flexibility index (Phi) is 5.84. The van der Waals surface area contributed by atoms with E-state index >= 15 is 0 Å². The highest BCUT2D eigenvalue weighted by molar-refractivity contribution is 5.96. The van der Waals surface area contributed by atoms with Gasteiger partial charge in [-0.3, -0.25) is 4.79 Å². The minimum absolute atomic E-state index is 0.378. The quantitative estimate of drug-likeness (QED) is 0.670. The Balaban J connectivity index is 1.56. The first-order chi connectivity index (χ1) is 13.2. The van der Waals surface area contributed by atoms with Gasteiger partial charge in [-0.15, -0.1) is 0 Å². The first kappa shape index (κ1) is 18.2. The number of hydrogen-bond acceptors (Lipinski definition) is 4. The van der Waals surface area contributed by atoms with Gasteiger partial charge in [0.25, 0.3) is 5.91 Å². The topological polar surface area (TPSA) is 64.6 Å². The van der Waals surface area contributed by atoms with Crippen LogP contribution in [-0.2, 0) is 9.53 Å². The van der Waals surface area contributed by atoms with E-state index in [0.717, 1.165) is 11.1 Å². The van der Waals surface area contributed by atoms with Gasteiger partial charge in [-0.25, -0.2) is 4.79 Å². The van der Waals surface area contributed by atoms with E-state index in [1.165, 1.54) is 7.11 Å². The van der Waals surface area contributed by atoms with Gasteiger partial charge in [-0.1, -0.05) is 54.6 Å². The molecule has 0 aliphatic carbocycles. The highest BCUT2D eigenvalue weighted by Crippen LogP contribution is 2.23. The maximum Gasteiger partial charge on any atom is 0.338 e. The summed E-state index contributed by atoms with van der Waals surface area (Å²) < 4.78 is 10.3. The summed E-state index contributed by atoms with van der Waals surface area (Å²) in [6, 6.07) is 23.9. The second kappa shape index (κ2) is 8.67. The zero-order chi connectivity index (χ0) is 19.1. The largest absolute Gasteiger partial charge is 0.495 e. The maximum absolute atomic E-state index is 12.1. The normalized spacial score (nSPS) is 10.1. The van der Waals surface area contributed by atoms with Crippen molar-refractivity contribution in [2.75, 3.05) is 19.0 Å². The van der Waals surface area contributed by atoms with Gasteiger partial charge in [-0.2, -0.15) is 0 Å². The Morgan fingerprint density at radius 3 is 2.15 bits per heavy atom. The van der Waals surface area contributed by atoms with Crippen molar-refractivity contribution in [1.29, 1.82) is 0 Å². The Morgan fingerprint density at radius 1 is 0.815 bits per heavy atom. The van der Waals surface area contributed by atoms with Crippen LogP contribution in [0.25, 0.3) is 11.1 Å². The molecule has 3 aromatic rings. The van der Waals surface area contributed by atoms with Crippen molar-refractivity contribution in [3.05, 3.63) is 84.4 Å². The van der Waals surface area contributed by atoms with E-state index in [9.17, 15) is 9.59 Å². The standard InChI is InChI=1S/C22H19NO4/c1-26-20-10-6-5-9-19(20)23-21(24)15-27-22(25)18-13-11-17(12-14-18)16-7-3-2-4-8-16/h2-14H,15H2,1H3,(H,23,24). The SMILES string of the molecule is COc1ccccc1NC(=O)COC(=O)c1ccc(-c2ccccc2)cc1. The second-order valence-corrected chi connectivity index (χ2v) is 5.77. The van der Waals surface area contributed by atoms with E-state index in [2.05, 4.69) is 5.32 Å². The van der Waals surface area contributed by atoms with Gasteiger partial charge < -0.3 is 14.8 Å². The summed E-state index contributed by atoms with van der Waals surface area (Å²) in [6.07, 6.45) is 0. The Morgan fingerprint density at radius 2 is 1.44 bits per heavy atom. The molecule has 0 saturated carbocycles. The molecule has 0 aliphatic rings. The minimum Gasteiger partial charge on any atom is -0.495 e. The average Bonchev–Trinajstić information content (AvgIpc) is 2.73. The Labute approximate surface area is 157 Å². The van der Waals surface area contributed by atoms with Crippen LogP contribution in [0.5, 0.6) is 5.75 Å². The van der Waals surface area contributed by atoms with Crippen molar-refractivity contribution in [2.24, 2.45) is 0 Å². The zero-order valence-corrected chi connectivity index (χ0v) is 14.8. The predicted molar refractivity (Wildman–Crippen MR) is 104 cm³/mol. The molecule has 0 radical (unpaired) electrons. The lowest BCUT2D eigenvalue weighted by Crippen LogP contribution is -2.21. The van der Waals surface area contributed by atoms with Crippen LogP contribution in [0.2, 0.25) is 0 Å².